The van der Waals surface area contributed by atoms with E-state index in [1.165, 1.54) is 0 Å². The molecule has 0 bridgehead atoms. The number of rotatable bonds is 2. The van der Waals surface area contributed by atoms with E-state index in [4.69, 9.17) is 0 Å². The van der Waals surface area contributed by atoms with Gasteiger partial charge in [0.15, 0.2) is 0 Å². The standard InChI is InChI=1S/C15H19NO3/c1-9-5-6-11(7-10(9)2)16-13(17)8-12(14(18)19)15(16,3)4/h5-7,12H,8H2,1-4H3,(H,18,19). The quantitative estimate of drug-likeness (QED) is 0.890. The molecule has 2 rings (SSSR count). The number of nitrogens with zero attached hydrogens (tertiary/aromatic N) is 1. The molecule has 1 aromatic rings. The van der Waals surface area contributed by atoms with E-state index in [9.17, 15) is 14.7 Å². The lowest BCUT2D eigenvalue weighted by atomic mass is 9.88. The van der Waals surface area contributed by atoms with Crippen molar-refractivity contribution in [2.24, 2.45) is 5.92 Å². The molecule has 19 heavy (non-hydrogen) atoms. The maximum absolute atomic E-state index is 12.2. The molecule has 4 nitrogen and oxygen atoms in total. The number of benzene rings is 1. The minimum atomic E-state index is -0.912. The van der Waals surface area contributed by atoms with Gasteiger partial charge in [0.05, 0.1) is 11.5 Å². The Morgan fingerprint density at radius 2 is 1.95 bits per heavy atom. The van der Waals surface area contributed by atoms with Gasteiger partial charge in [0.2, 0.25) is 5.91 Å². The SMILES string of the molecule is Cc1ccc(N2C(=O)CC(C(=O)O)C2(C)C)cc1C. The van der Waals surface area contributed by atoms with E-state index < -0.39 is 17.4 Å². The Balaban J connectivity index is 2.46. The molecule has 0 aromatic heterocycles. The normalized spacial score (nSPS) is 21.8. The van der Waals surface area contributed by atoms with Gasteiger partial charge in [0, 0.05) is 12.1 Å². The molecule has 0 saturated carbocycles. The molecule has 1 aliphatic heterocycles. The molecule has 4 heteroatoms. The smallest absolute Gasteiger partial charge is 0.309 e. The van der Waals surface area contributed by atoms with Crippen molar-refractivity contribution in [1.29, 1.82) is 0 Å². The fourth-order valence-corrected chi connectivity index (χ4v) is 2.72. The van der Waals surface area contributed by atoms with Crippen LogP contribution in [0, 0.1) is 19.8 Å². The van der Waals surface area contributed by atoms with Crippen LogP contribution in [0.2, 0.25) is 0 Å². The fourth-order valence-electron chi connectivity index (χ4n) is 2.72. The van der Waals surface area contributed by atoms with E-state index in [1.807, 2.05) is 45.9 Å². The molecule has 1 unspecified atom stereocenters. The van der Waals surface area contributed by atoms with Crippen molar-refractivity contribution in [3.8, 4) is 0 Å². The summed E-state index contributed by atoms with van der Waals surface area (Å²) in [6, 6.07) is 5.79. The van der Waals surface area contributed by atoms with Gasteiger partial charge < -0.3 is 10.0 Å². The van der Waals surface area contributed by atoms with Crippen LogP contribution in [0.4, 0.5) is 5.69 Å². The number of aliphatic carboxylic acids is 1. The molecule has 1 saturated heterocycles. The van der Waals surface area contributed by atoms with Gasteiger partial charge in [-0.05, 0) is 51.0 Å². The molecule has 0 spiro atoms. The Hall–Kier alpha value is -1.84. The number of hydrogen-bond donors (Lipinski definition) is 1. The zero-order valence-electron chi connectivity index (χ0n) is 11.7. The zero-order valence-corrected chi connectivity index (χ0v) is 11.7. The lowest BCUT2D eigenvalue weighted by Crippen LogP contribution is -2.46. The summed E-state index contributed by atoms with van der Waals surface area (Å²) in [6.45, 7) is 7.62. The number of aryl methyl sites for hydroxylation is 2. The summed E-state index contributed by atoms with van der Waals surface area (Å²) in [5.41, 5.74) is 2.33. The second-order valence-corrected chi connectivity index (χ2v) is 5.75. The van der Waals surface area contributed by atoms with Crippen molar-refractivity contribution in [2.75, 3.05) is 4.90 Å². The second kappa shape index (κ2) is 4.37. The maximum atomic E-state index is 12.2. The summed E-state index contributed by atoms with van der Waals surface area (Å²) in [4.78, 5) is 25.1. The summed E-state index contributed by atoms with van der Waals surface area (Å²) < 4.78 is 0. The van der Waals surface area contributed by atoms with Gasteiger partial charge >= 0.3 is 5.97 Å². The molecular formula is C15H19NO3. The predicted octanol–water partition coefficient (Wildman–Crippen LogP) is 2.52. The molecular weight excluding hydrogens is 242 g/mol. The first-order valence-electron chi connectivity index (χ1n) is 6.38. The summed E-state index contributed by atoms with van der Waals surface area (Å²) >= 11 is 0. The Morgan fingerprint density at radius 3 is 2.42 bits per heavy atom. The molecule has 0 radical (unpaired) electrons. The summed E-state index contributed by atoms with van der Waals surface area (Å²) in [5.74, 6) is -1.70. The van der Waals surface area contributed by atoms with Crippen molar-refractivity contribution >= 4 is 17.6 Å². The van der Waals surface area contributed by atoms with Crippen LogP contribution in [0.25, 0.3) is 0 Å². The van der Waals surface area contributed by atoms with E-state index in [1.54, 1.807) is 4.90 Å². The van der Waals surface area contributed by atoms with Gasteiger partial charge in [-0.15, -0.1) is 0 Å². The molecule has 0 aliphatic carbocycles. The van der Waals surface area contributed by atoms with Crippen molar-refractivity contribution in [2.45, 2.75) is 39.7 Å². The number of carboxylic acid groups (broad SMARTS) is 1. The largest absolute Gasteiger partial charge is 0.481 e. The fraction of sp³-hybridized carbons (Fsp3) is 0.467. The summed E-state index contributed by atoms with van der Waals surface area (Å²) in [6.07, 6.45) is 0.0647. The number of anilines is 1. The van der Waals surface area contributed by atoms with Crippen molar-refractivity contribution in [1.82, 2.24) is 0 Å². The number of amides is 1. The molecule has 1 N–H and O–H groups in total. The van der Waals surface area contributed by atoms with Crippen molar-refractivity contribution < 1.29 is 14.7 Å². The highest BCUT2D eigenvalue weighted by molar-refractivity contribution is 6.01. The van der Waals surface area contributed by atoms with E-state index in [2.05, 4.69) is 0 Å². The van der Waals surface area contributed by atoms with E-state index in [-0.39, 0.29) is 12.3 Å². The Labute approximate surface area is 113 Å². The summed E-state index contributed by atoms with van der Waals surface area (Å²) in [7, 11) is 0. The van der Waals surface area contributed by atoms with Gasteiger partial charge in [-0.1, -0.05) is 6.07 Å². The Kier molecular flexibility index (Phi) is 3.12. The molecule has 1 amide bonds. The van der Waals surface area contributed by atoms with E-state index in [0.29, 0.717) is 0 Å². The average Bonchev–Trinajstić information content (AvgIpc) is 2.53. The van der Waals surface area contributed by atoms with E-state index >= 15 is 0 Å². The first-order chi connectivity index (χ1) is 8.75. The molecule has 1 heterocycles. The lowest BCUT2D eigenvalue weighted by Gasteiger charge is -2.34. The molecule has 1 atom stereocenters. The first-order valence-corrected chi connectivity index (χ1v) is 6.38. The molecule has 1 aliphatic rings. The minimum Gasteiger partial charge on any atom is -0.481 e. The predicted molar refractivity (Wildman–Crippen MR) is 73.2 cm³/mol. The maximum Gasteiger partial charge on any atom is 0.309 e. The third-order valence-corrected chi connectivity index (χ3v) is 4.10. The Morgan fingerprint density at radius 1 is 1.32 bits per heavy atom. The monoisotopic (exact) mass is 261 g/mol. The lowest BCUT2D eigenvalue weighted by molar-refractivity contribution is -0.143. The van der Waals surface area contributed by atoms with Gasteiger partial charge in [0.1, 0.15) is 0 Å². The van der Waals surface area contributed by atoms with Crippen LogP contribution >= 0.6 is 0 Å². The molecule has 1 fully saturated rings. The van der Waals surface area contributed by atoms with Crippen LogP contribution in [0.5, 0.6) is 0 Å². The second-order valence-electron chi connectivity index (χ2n) is 5.75. The third-order valence-electron chi connectivity index (χ3n) is 4.10. The van der Waals surface area contributed by atoms with Crippen LogP contribution in [0.1, 0.15) is 31.4 Å². The first kappa shape index (κ1) is 13.6. The number of carbonyl (C=O) groups excluding carboxylic acids is 1. The van der Waals surface area contributed by atoms with Gasteiger partial charge in [0.25, 0.3) is 0 Å². The van der Waals surface area contributed by atoms with Crippen molar-refractivity contribution in [3.05, 3.63) is 29.3 Å². The van der Waals surface area contributed by atoms with E-state index in [0.717, 1.165) is 16.8 Å². The molecule has 102 valence electrons. The highest BCUT2D eigenvalue weighted by Gasteiger charge is 2.50. The third kappa shape index (κ3) is 2.11. The van der Waals surface area contributed by atoms with Crippen LogP contribution in [0.3, 0.4) is 0 Å². The van der Waals surface area contributed by atoms with Crippen LogP contribution in [-0.4, -0.2) is 22.5 Å². The minimum absolute atomic E-state index is 0.0647. The van der Waals surface area contributed by atoms with Gasteiger partial charge in [-0.2, -0.15) is 0 Å². The van der Waals surface area contributed by atoms with Crippen LogP contribution in [0.15, 0.2) is 18.2 Å². The summed E-state index contributed by atoms with van der Waals surface area (Å²) in [5, 5.41) is 9.25. The Bertz CT molecular complexity index is 548. The van der Waals surface area contributed by atoms with Crippen LogP contribution in [-0.2, 0) is 9.59 Å². The highest BCUT2D eigenvalue weighted by atomic mass is 16.4. The number of carbonyl (C=O) groups is 2. The molecule has 1 aromatic carbocycles. The van der Waals surface area contributed by atoms with Crippen molar-refractivity contribution in [3.63, 3.8) is 0 Å². The average molecular weight is 261 g/mol. The van der Waals surface area contributed by atoms with Gasteiger partial charge in [-0.3, -0.25) is 9.59 Å². The number of carboxylic acids is 1. The van der Waals surface area contributed by atoms with Gasteiger partial charge in [-0.25, -0.2) is 0 Å². The van der Waals surface area contributed by atoms with Crippen LogP contribution < -0.4 is 4.90 Å². The zero-order chi connectivity index (χ0) is 14.4. The topological polar surface area (TPSA) is 57.6 Å². The number of hydrogen-bond acceptors (Lipinski definition) is 2. The highest BCUT2D eigenvalue weighted by Crippen LogP contribution is 2.39.